The summed E-state index contributed by atoms with van der Waals surface area (Å²) in [5.41, 5.74) is 0.807. The molecule has 0 bridgehead atoms. The van der Waals surface area contributed by atoms with Crippen molar-refractivity contribution >= 4 is 12.1 Å². The number of aromatic nitrogens is 1. The van der Waals surface area contributed by atoms with Crippen molar-refractivity contribution in [2.24, 2.45) is 0 Å². The number of carbonyl (C=O) groups is 2. The van der Waals surface area contributed by atoms with E-state index in [0.29, 0.717) is 5.56 Å². The van der Waals surface area contributed by atoms with Crippen LogP contribution < -0.4 is 5.32 Å². The number of pyridine rings is 1. The van der Waals surface area contributed by atoms with Crippen LogP contribution in [0.2, 0.25) is 0 Å². The van der Waals surface area contributed by atoms with E-state index in [1.807, 2.05) is 0 Å². The maximum Gasteiger partial charge on any atom is 0.408 e. The number of carboxylic acids is 1. The van der Waals surface area contributed by atoms with Crippen LogP contribution in [0.15, 0.2) is 18.3 Å². The van der Waals surface area contributed by atoms with Crippen molar-refractivity contribution in [1.82, 2.24) is 10.3 Å². The third kappa shape index (κ3) is 5.69. The number of hydrogen-bond donors (Lipinski definition) is 2. The molecule has 1 atom stereocenters. The highest BCUT2D eigenvalue weighted by Crippen LogP contribution is 2.18. The minimum atomic E-state index is -1.000. The summed E-state index contributed by atoms with van der Waals surface area (Å²) in [4.78, 5) is 26.7. The molecule has 1 aromatic heterocycles. The van der Waals surface area contributed by atoms with Gasteiger partial charge in [0.2, 0.25) is 0 Å². The van der Waals surface area contributed by atoms with Crippen molar-refractivity contribution in [2.75, 3.05) is 0 Å². The molecule has 0 aromatic carbocycles. The number of nitrogens with zero attached hydrogens (tertiary/aromatic N) is 1. The van der Waals surface area contributed by atoms with Gasteiger partial charge in [-0.3, -0.25) is 9.78 Å². The molecule has 1 heterocycles. The van der Waals surface area contributed by atoms with Crippen molar-refractivity contribution < 1.29 is 19.4 Å². The van der Waals surface area contributed by atoms with Gasteiger partial charge in [0.15, 0.2) is 0 Å². The Morgan fingerprint density at radius 2 is 2.10 bits per heavy atom. The number of nitrogens with one attached hydrogen (secondary N) is 1. The Morgan fingerprint density at radius 1 is 1.45 bits per heavy atom. The SMILES string of the molecule is Cc1cc([C@H](CC(=O)O)NC(=O)OC(C)(C)C)ccn1. The molecule has 2 N–H and O–H groups in total. The zero-order valence-corrected chi connectivity index (χ0v) is 12.1. The van der Waals surface area contributed by atoms with Crippen molar-refractivity contribution in [3.63, 3.8) is 0 Å². The Kier molecular flexibility index (Phi) is 5.07. The highest BCUT2D eigenvalue weighted by atomic mass is 16.6. The first-order valence-corrected chi connectivity index (χ1v) is 6.31. The first-order chi connectivity index (χ1) is 9.17. The second-order valence-corrected chi connectivity index (χ2v) is 5.53. The van der Waals surface area contributed by atoms with Gasteiger partial charge in [-0.1, -0.05) is 0 Å². The fraction of sp³-hybridized carbons (Fsp3) is 0.500. The van der Waals surface area contributed by atoms with Crippen LogP contribution in [0.4, 0.5) is 4.79 Å². The van der Waals surface area contributed by atoms with Gasteiger partial charge in [-0.05, 0) is 45.4 Å². The number of alkyl carbamates (subject to hydrolysis) is 1. The van der Waals surface area contributed by atoms with Gasteiger partial charge in [0.1, 0.15) is 5.60 Å². The molecule has 1 amide bonds. The maximum atomic E-state index is 11.8. The number of carbonyl (C=O) groups excluding carboxylic acids is 1. The summed E-state index contributed by atoms with van der Waals surface area (Å²) >= 11 is 0. The lowest BCUT2D eigenvalue weighted by Gasteiger charge is -2.23. The van der Waals surface area contributed by atoms with Gasteiger partial charge in [-0.25, -0.2) is 4.79 Å². The fourth-order valence-electron chi connectivity index (χ4n) is 1.66. The molecule has 0 aliphatic rings. The second-order valence-electron chi connectivity index (χ2n) is 5.53. The molecule has 0 fully saturated rings. The number of hydrogen-bond acceptors (Lipinski definition) is 4. The Bertz CT molecular complexity index is 494. The zero-order chi connectivity index (χ0) is 15.3. The molecule has 0 aliphatic heterocycles. The van der Waals surface area contributed by atoms with Crippen molar-refractivity contribution in [3.8, 4) is 0 Å². The highest BCUT2D eigenvalue weighted by molar-refractivity contribution is 5.72. The summed E-state index contributed by atoms with van der Waals surface area (Å²) in [7, 11) is 0. The maximum absolute atomic E-state index is 11.8. The minimum Gasteiger partial charge on any atom is -0.481 e. The number of ether oxygens (including phenoxy) is 1. The molecule has 0 saturated heterocycles. The first kappa shape index (κ1) is 15.9. The van der Waals surface area contributed by atoms with Crippen LogP contribution in [0.1, 0.15) is 44.5 Å². The molecular formula is C14H20N2O4. The average Bonchev–Trinajstić information content (AvgIpc) is 2.24. The Balaban J connectivity index is 2.85. The highest BCUT2D eigenvalue weighted by Gasteiger charge is 2.22. The quantitative estimate of drug-likeness (QED) is 0.884. The Labute approximate surface area is 118 Å². The van der Waals surface area contributed by atoms with Crippen LogP contribution >= 0.6 is 0 Å². The van der Waals surface area contributed by atoms with Crippen LogP contribution in [0.3, 0.4) is 0 Å². The molecule has 110 valence electrons. The standard InChI is InChI=1S/C14H20N2O4/c1-9-7-10(5-6-15-9)11(8-12(17)18)16-13(19)20-14(2,3)4/h5-7,11H,8H2,1-4H3,(H,16,19)(H,17,18)/t11-/m0/s1. The monoisotopic (exact) mass is 280 g/mol. The average molecular weight is 280 g/mol. The van der Waals surface area contributed by atoms with Crippen molar-refractivity contribution in [3.05, 3.63) is 29.6 Å². The van der Waals surface area contributed by atoms with Gasteiger partial charge in [-0.15, -0.1) is 0 Å². The summed E-state index contributed by atoms with van der Waals surface area (Å²) in [5, 5.41) is 11.5. The smallest absolute Gasteiger partial charge is 0.408 e. The molecule has 0 saturated carbocycles. The van der Waals surface area contributed by atoms with Crippen molar-refractivity contribution in [2.45, 2.75) is 45.8 Å². The van der Waals surface area contributed by atoms with Crippen LogP contribution in [0.5, 0.6) is 0 Å². The van der Waals surface area contributed by atoms with Crippen LogP contribution in [-0.4, -0.2) is 27.8 Å². The normalized spacial score (nSPS) is 12.6. The van der Waals surface area contributed by atoms with E-state index in [0.717, 1.165) is 5.69 Å². The first-order valence-electron chi connectivity index (χ1n) is 6.31. The van der Waals surface area contributed by atoms with Gasteiger partial charge in [0.05, 0.1) is 12.5 Å². The summed E-state index contributed by atoms with van der Waals surface area (Å²) in [5.74, 6) is -1.000. The molecule has 6 heteroatoms. The molecule has 1 aromatic rings. The lowest BCUT2D eigenvalue weighted by Crippen LogP contribution is -2.35. The topological polar surface area (TPSA) is 88.5 Å². The number of aryl methyl sites for hydroxylation is 1. The van der Waals surface area contributed by atoms with Crippen LogP contribution in [0, 0.1) is 6.92 Å². The largest absolute Gasteiger partial charge is 0.481 e. The molecule has 0 radical (unpaired) electrons. The van der Waals surface area contributed by atoms with E-state index in [2.05, 4.69) is 10.3 Å². The fourth-order valence-corrected chi connectivity index (χ4v) is 1.66. The summed E-state index contributed by atoms with van der Waals surface area (Å²) in [6, 6.07) is 2.77. The number of aliphatic carboxylic acids is 1. The van der Waals surface area contributed by atoms with E-state index in [4.69, 9.17) is 9.84 Å². The van der Waals surface area contributed by atoms with E-state index in [-0.39, 0.29) is 6.42 Å². The molecule has 0 spiro atoms. The van der Waals surface area contributed by atoms with E-state index >= 15 is 0 Å². The zero-order valence-electron chi connectivity index (χ0n) is 12.1. The number of rotatable bonds is 4. The van der Waals surface area contributed by atoms with Gasteiger partial charge < -0.3 is 15.2 Å². The van der Waals surface area contributed by atoms with E-state index in [9.17, 15) is 9.59 Å². The third-order valence-corrected chi connectivity index (χ3v) is 2.39. The van der Waals surface area contributed by atoms with Crippen LogP contribution in [-0.2, 0) is 9.53 Å². The molecule has 1 rings (SSSR count). The van der Waals surface area contributed by atoms with Crippen LogP contribution in [0.25, 0.3) is 0 Å². The minimum absolute atomic E-state index is 0.220. The lowest BCUT2D eigenvalue weighted by molar-refractivity contribution is -0.137. The summed E-state index contributed by atoms with van der Waals surface area (Å²) < 4.78 is 5.14. The number of carboxylic acid groups (broad SMARTS) is 1. The number of amides is 1. The van der Waals surface area contributed by atoms with Gasteiger partial charge in [0.25, 0.3) is 0 Å². The molecule has 20 heavy (non-hydrogen) atoms. The third-order valence-electron chi connectivity index (χ3n) is 2.39. The predicted molar refractivity (Wildman–Crippen MR) is 73.3 cm³/mol. The Hall–Kier alpha value is -2.11. The van der Waals surface area contributed by atoms with E-state index in [1.54, 1.807) is 46.0 Å². The van der Waals surface area contributed by atoms with Gasteiger partial charge in [-0.2, -0.15) is 0 Å². The van der Waals surface area contributed by atoms with E-state index < -0.39 is 23.7 Å². The Morgan fingerprint density at radius 3 is 2.60 bits per heavy atom. The lowest BCUT2D eigenvalue weighted by atomic mass is 10.0. The second kappa shape index (κ2) is 6.36. The molecule has 0 aliphatic carbocycles. The van der Waals surface area contributed by atoms with Crippen molar-refractivity contribution in [1.29, 1.82) is 0 Å². The van der Waals surface area contributed by atoms with E-state index in [1.165, 1.54) is 0 Å². The van der Waals surface area contributed by atoms with Gasteiger partial charge in [0, 0.05) is 11.9 Å². The molecule has 0 unspecified atom stereocenters. The summed E-state index contributed by atoms with van der Waals surface area (Å²) in [6.07, 6.45) is 0.720. The van der Waals surface area contributed by atoms with Gasteiger partial charge >= 0.3 is 12.1 Å². The molecule has 6 nitrogen and oxygen atoms in total. The molecular weight excluding hydrogens is 260 g/mol. The predicted octanol–water partition coefficient (Wildman–Crippen LogP) is 2.43. The summed E-state index contributed by atoms with van der Waals surface area (Å²) in [6.45, 7) is 7.04.